The number of carbonyl (C=O) groups is 1. The molecule has 1 aliphatic heterocycles. The van der Waals surface area contributed by atoms with Gasteiger partial charge in [-0.3, -0.25) is 4.79 Å². The van der Waals surface area contributed by atoms with Gasteiger partial charge in [0, 0.05) is 9.79 Å². The summed E-state index contributed by atoms with van der Waals surface area (Å²) >= 11 is 7.37. The number of aromatic nitrogens is 1. The number of halogens is 1. The van der Waals surface area contributed by atoms with Gasteiger partial charge in [0.25, 0.3) is 5.91 Å². The van der Waals surface area contributed by atoms with Gasteiger partial charge in [-0.25, -0.2) is 4.98 Å². The highest BCUT2D eigenvalue weighted by molar-refractivity contribution is 7.99. The number of pyridine rings is 1. The third-order valence-corrected chi connectivity index (χ3v) is 3.77. The van der Waals surface area contributed by atoms with Gasteiger partial charge in [0.2, 0.25) is 0 Å². The van der Waals surface area contributed by atoms with Crippen LogP contribution in [0.25, 0.3) is 0 Å². The molecule has 84 valence electrons. The quantitative estimate of drug-likeness (QED) is 0.740. The molecule has 0 radical (unpaired) electrons. The van der Waals surface area contributed by atoms with E-state index in [1.807, 2.05) is 18.2 Å². The maximum absolute atomic E-state index is 12.0. The summed E-state index contributed by atoms with van der Waals surface area (Å²) in [7, 11) is 0. The predicted octanol–water partition coefficient (Wildman–Crippen LogP) is 3.45. The van der Waals surface area contributed by atoms with Crippen molar-refractivity contribution in [1.82, 2.24) is 4.98 Å². The molecule has 5 heteroatoms. The van der Waals surface area contributed by atoms with Crippen LogP contribution in [-0.2, 0) is 0 Å². The molecule has 1 amide bonds. The number of hydrogen-bond donors (Lipinski definition) is 1. The number of carbonyl (C=O) groups excluding carboxylic acids is 1. The maximum Gasteiger partial charge on any atom is 0.256 e. The molecule has 0 fully saturated rings. The van der Waals surface area contributed by atoms with E-state index in [1.165, 1.54) is 11.8 Å². The van der Waals surface area contributed by atoms with Crippen LogP contribution in [0.15, 0.2) is 46.3 Å². The minimum atomic E-state index is -0.115. The molecule has 0 saturated carbocycles. The monoisotopic (exact) mass is 262 g/mol. The van der Waals surface area contributed by atoms with Gasteiger partial charge in [-0.15, -0.1) is 0 Å². The van der Waals surface area contributed by atoms with E-state index < -0.39 is 0 Å². The van der Waals surface area contributed by atoms with Crippen LogP contribution in [0.3, 0.4) is 0 Å². The van der Waals surface area contributed by atoms with Crippen LogP contribution >= 0.6 is 23.4 Å². The second-order valence-corrected chi connectivity index (χ2v) is 5.03. The Morgan fingerprint density at radius 1 is 1.24 bits per heavy atom. The predicted molar refractivity (Wildman–Crippen MR) is 67.8 cm³/mol. The molecule has 0 unspecified atom stereocenters. The Labute approximate surface area is 107 Å². The zero-order valence-electron chi connectivity index (χ0n) is 8.61. The van der Waals surface area contributed by atoms with E-state index in [-0.39, 0.29) is 5.91 Å². The molecule has 0 spiro atoms. The second kappa shape index (κ2) is 4.05. The fraction of sp³-hybridized carbons (Fsp3) is 0. The maximum atomic E-state index is 12.0. The average molecular weight is 263 g/mol. The summed E-state index contributed by atoms with van der Waals surface area (Å²) in [5, 5.41) is 3.25. The minimum Gasteiger partial charge on any atom is -0.320 e. The molecule has 1 N–H and O–H groups in total. The second-order valence-electron chi connectivity index (χ2n) is 3.56. The van der Waals surface area contributed by atoms with Crippen molar-refractivity contribution in [3.05, 3.63) is 47.2 Å². The van der Waals surface area contributed by atoms with E-state index in [0.29, 0.717) is 16.4 Å². The van der Waals surface area contributed by atoms with Crippen molar-refractivity contribution in [3.8, 4) is 0 Å². The summed E-state index contributed by atoms with van der Waals surface area (Å²) in [5.74, 6) is -0.115. The number of anilines is 1. The van der Waals surface area contributed by atoms with Gasteiger partial charge < -0.3 is 5.32 Å². The molecule has 0 aliphatic carbocycles. The first-order chi connectivity index (χ1) is 8.24. The van der Waals surface area contributed by atoms with Gasteiger partial charge in [-0.1, -0.05) is 35.5 Å². The lowest BCUT2D eigenvalue weighted by molar-refractivity contribution is 0.102. The number of nitrogens with zero attached hydrogens (tertiary/aromatic N) is 1. The van der Waals surface area contributed by atoms with Crippen molar-refractivity contribution in [3.63, 3.8) is 0 Å². The number of amides is 1. The van der Waals surface area contributed by atoms with Crippen molar-refractivity contribution in [2.45, 2.75) is 9.79 Å². The van der Waals surface area contributed by atoms with Crippen molar-refractivity contribution in [1.29, 1.82) is 0 Å². The molecule has 2 heterocycles. The zero-order chi connectivity index (χ0) is 11.8. The van der Waals surface area contributed by atoms with Crippen LogP contribution in [-0.4, -0.2) is 10.9 Å². The lowest BCUT2D eigenvalue weighted by Gasteiger charge is -2.04. The molecular formula is C12H7ClN2OS. The highest BCUT2D eigenvalue weighted by atomic mass is 35.5. The number of benzene rings is 1. The number of fused-ring (bicyclic) bond motifs is 2. The number of nitrogens with one attached hydrogen (secondary N) is 1. The summed E-state index contributed by atoms with van der Waals surface area (Å²) in [6.45, 7) is 0. The normalized spacial score (nSPS) is 13.4. The van der Waals surface area contributed by atoms with E-state index in [9.17, 15) is 4.79 Å². The lowest BCUT2D eigenvalue weighted by atomic mass is 10.2. The average Bonchev–Trinajstić information content (AvgIpc) is 2.46. The molecule has 0 saturated heterocycles. The fourth-order valence-electron chi connectivity index (χ4n) is 1.64. The van der Waals surface area contributed by atoms with E-state index >= 15 is 0 Å². The first-order valence-corrected chi connectivity index (χ1v) is 6.17. The molecular weight excluding hydrogens is 256 g/mol. The number of hydrogen-bond acceptors (Lipinski definition) is 3. The molecule has 1 aliphatic rings. The minimum absolute atomic E-state index is 0.115. The largest absolute Gasteiger partial charge is 0.320 e. The van der Waals surface area contributed by atoms with Crippen LogP contribution in [0.4, 0.5) is 5.69 Å². The van der Waals surface area contributed by atoms with Crippen molar-refractivity contribution in [2.75, 3.05) is 5.32 Å². The Morgan fingerprint density at radius 2 is 2.06 bits per heavy atom. The Hall–Kier alpha value is -1.52. The summed E-state index contributed by atoms with van der Waals surface area (Å²) < 4.78 is 0. The highest BCUT2D eigenvalue weighted by Crippen LogP contribution is 2.38. The Morgan fingerprint density at radius 3 is 2.94 bits per heavy atom. The molecule has 1 aromatic heterocycles. The highest BCUT2D eigenvalue weighted by Gasteiger charge is 2.19. The molecule has 0 bridgehead atoms. The van der Waals surface area contributed by atoms with Gasteiger partial charge in [0.15, 0.2) is 0 Å². The van der Waals surface area contributed by atoms with Crippen molar-refractivity contribution in [2.24, 2.45) is 0 Å². The Balaban J connectivity index is 2.18. The topological polar surface area (TPSA) is 42.0 Å². The van der Waals surface area contributed by atoms with Gasteiger partial charge >= 0.3 is 0 Å². The summed E-state index contributed by atoms with van der Waals surface area (Å²) in [6, 6.07) is 9.23. The summed E-state index contributed by atoms with van der Waals surface area (Å²) in [5.41, 5.74) is 1.37. The van der Waals surface area contributed by atoms with Crippen molar-refractivity contribution >= 4 is 35.0 Å². The van der Waals surface area contributed by atoms with Crippen LogP contribution in [0.5, 0.6) is 0 Å². The SMILES string of the molecule is O=C1Nc2cnc(Cl)cc2Sc2ccccc21. The van der Waals surface area contributed by atoms with Crippen molar-refractivity contribution < 1.29 is 4.79 Å². The standard InChI is InChI=1S/C12H7ClN2OS/c13-11-5-10-8(6-14-11)15-12(16)7-3-1-2-4-9(7)17-10/h1-6H,(H,15,16). The third-order valence-electron chi connectivity index (χ3n) is 2.43. The fourth-order valence-corrected chi connectivity index (χ4v) is 2.90. The molecule has 3 nitrogen and oxygen atoms in total. The smallest absolute Gasteiger partial charge is 0.256 e. The Bertz CT molecular complexity index is 615. The van der Waals surface area contributed by atoms with Gasteiger partial charge in [-0.2, -0.15) is 0 Å². The van der Waals surface area contributed by atoms with E-state index in [1.54, 1.807) is 18.3 Å². The number of rotatable bonds is 0. The van der Waals surface area contributed by atoms with Gasteiger partial charge in [0.1, 0.15) is 5.15 Å². The first kappa shape index (κ1) is 10.6. The summed E-state index contributed by atoms with van der Waals surface area (Å²) in [6.07, 6.45) is 1.58. The first-order valence-electron chi connectivity index (χ1n) is 4.98. The molecule has 1 aromatic carbocycles. The van der Waals surface area contributed by atoms with Crippen LogP contribution in [0.2, 0.25) is 5.15 Å². The molecule has 3 rings (SSSR count). The van der Waals surface area contributed by atoms with Crippen LogP contribution in [0, 0.1) is 0 Å². The van der Waals surface area contributed by atoms with Crippen LogP contribution in [0.1, 0.15) is 10.4 Å². The van der Waals surface area contributed by atoms with Gasteiger partial charge in [0.05, 0.1) is 17.4 Å². The lowest BCUT2D eigenvalue weighted by Crippen LogP contribution is -2.11. The molecule has 0 atom stereocenters. The zero-order valence-corrected chi connectivity index (χ0v) is 10.2. The van der Waals surface area contributed by atoms with E-state index in [4.69, 9.17) is 11.6 Å². The molecule has 17 heavy (non-hydrogen) atoms. The third kappa shape index (κ3) is 1.90. The van der Waals surface area contributed by atoms with E-state index in [0.717, 1.165) is 9.79 Å². The summed E-state index contributed by atoms with van der Waals surface area (Å²) in [4.78, 5) is 17.8. The van der Waals surface area contributed by atoms with Gasteiger partial charge in [-0.05, 0) is 18.2 Å². The Kier molecular flexibility index (Phi) is 2.53. The van der Waals surface area contributed by atoms with E-state index in [2.05, 4.69) is 10.3 Å². The van der Waals surface area contributed by atoms with Crippen LogP contribution < -0.4 is 5.32 Å². The molecule has 2 aromatic rings.